The Morgan fingerprint density at radius 3 is 3.04 bits per heavy atom. The van der Waals surface area contributed by atoms with E-state index in [2.05, 4.69) is 20.4 Å². The van der Waals surface area contributed by atoms with Gasteiger partial charge in [0.05, 0.1) is 11.9 Å². The molecule has 0 aromatic carbocycles. The van der Waals surface area contributed by atoms with Crippen molar-refractivity contribution in [3.8, 4) is 0 Å². The van der Waals surface area contributed by atoms with Gasteiger partial charge in [0.15, 0.2) is 0 Å². The third-order valence-corrected chi connectivity index (χ3v) is 4.16. The predicted octanol–water partition coefficient (Wildman–Crippen LogP) is 0.129. The van der Waals surface area contributed by atoms with Gasteiger partial charge in [-0.15, -0.1) is 0 Å². The highest BCUT2D eigenvalue weighted by molar-refractivity contribution is 5.75. The number of nitrogens with one attached hydrogen (secondary N) is 1. The van der Waals surface area contributed by atoms with Gasteiger partial charge in [-0.25, -0.2) is 4.98 Å². The van der Waals surface area contributed by atoms with Crippen LogP contribution in [-0.2, 0) is 11.3 Å². The molecule has 0 aliphatic carbocycles. The van der Waals surface area contributed by atoms with E-state index in [4.69, 9.17) is 0 Å². The summed E-state index contributed by atoms with van der Waals surface area (Å²) in [5.74, 6) is 0.656. The molecule has 1 atom stereocenters. The number of amides is 1. The number of β-amino-alcohol motifs (C(OH)–C–C–N with tert-alkyl or cyclic N) is 1. The quantitative estimate of drug-likeness (QED) is 0.781. The second-order valence-electron chi connectivity index (χ2n) is 6.21. The first-order valence-electron chi connectivity index (χ1n) is 8.04. The van der Waals surface area contributed by atoms with Crippen LogP contribution < -0.4 is 10.2 Å². The molecule has 0 spiro atoms. The molecule has 0 radical (unpaired) electrons. The van der Waals surface area contributed by atoms with Gasteiger partial charge in [-0.2, -0.15) is 5.10 Å². The second-order valence-corrected chi connectivity index (χ2v) is 6.21. The zero-order valence-electron chi connectivity index (χ0n) is 13.7. The Bertz CT molecular complexity index is 689. The van der Waals surface area contributed by atoms with Crippen molar-refractivity contribution >= 4 is 11.7 Å². The maximum absolute atomic E-state index is 12.0. The summed E-state index contributed by atoms with van der Waals surface area (Å²) >= 11 is 0. The summed E-state index contributed by atoms with van der Waals surface area (Å²) in [6.45, 7) is 3.81. The minimum Gasteiger partial charge on any atom is -0.386 e. The number of hydrogen-bond acceptors (Lipinski definition) is 6. The fourth-order valence-electron chi connectivity index (χ4n) is 2.81. The molecule has 128 valence electrons. The van der Waals surface area contributed by atoms with Gasteiger partial charge in [0.25, 0.3) is 0 Å². The average molecular weight is 330 g/mol. The van der Waals surface area contributed by atoms with Gasteiger partial charge in [0.1, 0.15) is 11.4 Å². The van der Waals surface area contributed by atoms with Gasteiger partial charge >= 0.3 is 0 Å². The van der Waals surface area contributed by atoms with Crippen molar-refractivity contribution in [2.24, 2.45) is 0 Å². The summed E-state index contributed by atoms with van der Waals surface area (Å²) in [6.07, 6.45) is 7.70. The lowest BCUT2D eigenvalue weighted by Gasteiger charge is -2.24. The Kier molecular flexibility index (Phi) is 4.75. The zero-order chi connectivity index (χ0) is 17.0. The highest BCUT2D eigenvalue weighted by Gasteiger charge is 2.36. The Hall–Kier alpha value is -2.48. The molecule has 0 saturated carbocycles. The predicted molar refractivity (Wildman–Crippen MR) is 88.4 cm³/mol. The summed E-state index contributed by atoms with van der Waals surface area (Å²) in [7, 11) is 0. The monoisotopic (exact) mass is 330 g/mol. The summed E-state index contributed by atoms with van der Waals surface area (Å²) < 4.78 is 1.75. The first-order valence-corrected chi connectivity index (χ1v) is 8.04. The van der Waals surface area contributed by atoms with Gasteiger partial charge in [-0.1, -0.05) is 0 Å². The molecule has 1 fully saturated rings. The van der Waals surface area contributed by atoms with Crippen LogP contribution in [0.2, 0.25) is 0 Å². The molecule has 3 rings (SSSR count). The van der Waals surface area contributed by atoms with Crippen molar-refractivity contribution < 1.29 is 9.90 Å². The van der Waals surface area contributed by atoms with Gasteiger partial charge in [0, 0.05) is 51.2 Å². The number of anilines is 1. The second kappa shape index (κ2) is 6.96. The summed E-state index contributed by atoms with van der Waals surface area (Å²) in [5, 5.41) is 17.7. The summed E-state index contributed by atoms with van der Waals surface area (Å²) in [6, 6.07) is 1.90. The normalized spacial score (nSPS) is 20.3. The van der Waals surface area contributed by atoms with Crippen LogP contribution in [0.5, 0.6) is 0 Å². The Labute approximate surface area is 140 Å². The van der Waals surface area contributed by atoms with Crippen molar-refractivity contribution in [2.75, 3.05) is 24.5 Å². The number of rotatable bonds is 6. The minimum atomic E-state index is -0.935. The molecule has 2 aromatic rings. The first kappa shape index (κ1) is 16.4. The first-order chi connectivity index (χ1) is 11.5. The van der Waals surface area contributed by atoms with Crippen LogP contribution in [0.3, 0.4) is 0 Å². The molecule has 0 unspecified atom stereocenters. The fraction of sp³-hybridized carbons (Fsp3) is 0.500. The van der Waals surface area contributed by atoms with E-state index in [9.17, 15) is 9.90 Å². The number of carbonyl (C=O) groups excluding carboxylic acids is 1. The number of hydrogen-bond donors (Lipinski definition) is 2. The highest BCUT2D eigenvalue weighted by atomic mass is 16.3. The molecule has 1 saturated heterocycles. The van der Waals surface area contributed by atoms with Crippen molar-refractivity contribution in [2.45, 2.75) is 31.9 Å². The molecule has 1 aliphatic rings. The molecule has 8 heteroatoms. The molecular formula is C16H22N6O2. The van der Waals surface area contributed by atoms with Crippen LogP contribution in [0.15, 0.2) is 30.9 Å². The zero-order valence-corrected chi connectivity index (χ0v) is 13.7. The van der Waals surface area contributed by atoms with Gasteiger partial charge in [0.2, 0.25) is 5.91 Å². The van der Waals surface area contributed by atoms with Crippen LogP contribution in [-0.4, -0.2) is 56.0 Å². The van der Waals surface area contributed by atoms with Crippen LogP contribution >= 0.6 is 0 Å². The molecule has 3 heterocycles. The topological polar surface area (TPSA) is 96.2 Å². The largest absolute Gasteiger partial charge is 0.386 e. The standard InChI is InChI=1S/C16H22N6O2/c1-13-2-7-22(20-13)8-3-15(23)19-11-16(24)4-9-21(12-16)14-10-17-5-6-18-14/h2,5-7,10,24H,3-4,8-9,11-12H2,1H3,(H,19,23)/t16-/m0/s1. The highest BCUT2D eigenvalue weighted by Crippen LogP contribution is 2.24. The fourth-order valence-corrected chi connectivity index (χ4v) is 2.81. The van der Waals surface area contributed by atoms with E-state index in [0.717, 1.165) is 11.5 Å². The maximum Gasteiger partial charge on any atom is 0.221 e. The molecule has 2 aromatic heterocycles. The Morgan fingerprint density at radius 2 is 2.33 bits per heavy atom. The number of aryl methyl sites for hydroxylation is 2. The van der Waals surface area contributed by atoms with Gasteiger partial charge in [-0.3, -0.25) is 14.5 Å². The van der Waals surface area contributed by atoms with E-state index in [1.54, 1.807) is 23.3 Å². The SMILES string of the molecule is Cc1ccn(CCC(=O)NC[C@@]2(O)CCN(c3cnccn3)C2)n1. The van der Waals surface area contributed by atoms with Crippen molar-refractivity contribution in [1.29, 1.82) is 0 Å². The lowest BCUT2D eigenvalue weighted by molar-refractivity contribution is -0.122. The van der Waals surface area contributed by atoms with Crippen LogP contribution in [0, 0.1) is 6.92 Å². The maximum atomic E-state index is 12.0. The summed E-state index contributed by atoms with van der Waals surface area (Å²) in [5.41, 5.74) is -0.00470. The summed E-state index contributed by atoms with van der Waals surface area (Å²) in [4.78, 5) is 22.2. The third kappa shape index (κ3) is 4.08. The molecule has 1 aliphatic heterocycles. The van der Waals surface area contributed by atoms with Gasteiger partial charge < -0.3 is 15.3 Å². The van der Waals surface area contributed by atoms with E-state index < -0.39 is 5.60 Å². The number of nitrogens with zero attached hydrogens (tertiary/aromatic N) is 5. The molecular weight excluding hydrogens is 308 g/mol. The van der Waals surface area contributed by atoms with E-state index in [1.807, 2.05) is 24.1 Å². The number of aromatic nitrogens is 4. The van der Waals surface area contributed by atoms with E-state index in [0.29, 0.717) is 32.5 Å². The lowest BCUT2D eigenvalue weighted by atomic mass is 10.0. The average Bonchev–Trinajstić information content (AvgIpc) is 3.18. The van der Waals surface area contributed by atoms with E-state index >= 15 is 0 Å². The number of aliphatic hydroxyl groups is 1. The Morgan fingerprint density at radius 1 is 1.46 bits per heavy atom. The van der Waals surface area contributed by atoms with Crippen molar-refractivity contribution in [1.82, 2.24) is 25.1 Å². The molecule has 8 nitrogen and oxygen atoms in total. The van der Waals surface area contributed by atoms with Gasteiger partial charge in [-0.05, 0) is 19.4 Å². The number of carbonyl (C=O) groups is 1. The minimum absolute atomic E-state index is 0.0884. The van der Waals surface area contributed by atoms with E-state index in [-0.39, 0.29) is 12.5 Å². The van der Waals surface area contributed by atoms with Crippen LogP contribution in [0.4, 0.5) is 5.82 Å². The van der Waals surface area contributed by atoms with Crippen molar-refractivity contribution in [3.63, 3.8) is 0 Å². The molecule has 0 bridgehead atoms. The molecule has 1 amide bonds. The van der Waals surface area contributed by atoms with E-state index in [1.165, 1.54) is 0 Å². The smallest absolute Gasteiger partial charge is 0.221 e. The van der Waals surface area contributed by atoms with Crippen molar-refractivity contribution in [3.05, 3.63) is 36.5 Å². The van der Waals surface area contributed by atoms with Crippen LogP contribution in [0.1, 0.15) is 18.5 Å². The molecule has 2 N–H and O–H groups in total. The Balaban J connectivity index is 1.45. The molecule has 24 heavy (non-hydrogen) atoms. The lowest BCUT2D eigenvalue weighted by Crippen LogP contribution is -2.45. The van der Waals surface area contributed by atoms with Crippen LogP contribution in [0.25, 0.3) is 0 Å². The third-order valence-electron chi connectivity index (χ3n) is 4.16.